The maximum absolute atomic E-state index is 6.12. The summed E-state index contributed by atoms with van der Waals surface area (Å²) in [6.45, 7) is 9.42. The zero-order chi connectivity index (χ0) is 13.3. The fourth-order valence-electron chi connectivity index (χ4n) is 4.15. The fourth-order valence-corrected chi connectivity index (χ4v) is 4.15. The summed E-state index contributed by atoms with van der Waals surface area (Å²) >= 11 is 0. The van der Waals surface area contributed by atoms with Crippen LogP contribution < -0.4 is 5.32 Å². The molecule has 3 heterocycles. The number of ether oxygens (including phenoxy) is 1. The average Bonchev–Trinajstić information content (AvgIpc) is 3.00. The minimum atomic E-state index is 0.122. The van der Waals surface area contributed by atoms with Gasteiger partial charge in [-0.2, -0.15) is 0 Å². The number of likely N-dealkylation sites (tertiary alicyclic amines) is 1. The summed E-state index contributed by atoms with van der Waals surface area (Å²) in [5.41, 5.74) is 0.122. The Hall–Kier alpha value is -0.120. The maximum atomic E-state index is 6.12. The molecule has 0 bridgehead atoms. The van der Waals surface area contributed by atoms with Gasteiger partial charge in [0, 0.05) is 12.6 Å². The number of hydrogen-bond acceptors (Lipinski definition) is 3. The van der Waals surface area contributed by atoms with Crippen molar-refractivity contribution in [3.63, 3.8) is 0 Å². The zero-order valence-electron chi connectivity index (χ0n) is 12.7. The Balaban J connectivity index is 1.41. The molecule has 2 unspecified atom stereocenters. The molecule has 19 heavy (non-hydrogen) atoms. The Morgan fingerprint density at radius 3 is 2.53 bits per heavy atom. The number of hydrogen-bond donors (Lipinski definition) is 1. The predicted octanol–water partition coefficient (Wildman–Crippen LogP) is 2.41. The Morgan fingerprint density at radius 1 is 1.16 bits per heavy atom. The monoisotopic (exact) mass is 266 g/mol. The largest absolute Gasteiger partial charge is 0.371 e. The molecule has 2 atom stereocenters. The highest BCUT2D eigenvalue weighted by molar-refractivity contribution is 4.87. The molecule has 3 nitrogen and oxygen atoms in total. The molecular formula is C16H30N2O. The van der Waals surface area contributed by atoms with E-state index in [0.717, 1.165) is 18.5 Å². The van der Waals surface area contributed by atoms with Crippen molar-refractivity contribution < 1.29 is 4.74 Å². The van der Waals surface area contributed by atoms with Crippen LogP contribution in [-0.2, 0) is 4.74 Å². The van der Waals surface area contributed by atoms with Crippen molar-refractivity contribution in [2.24, 2.45) is 5.92 Å². The average molecular weight is 266 g/mol. The lowest BCUT2D eigenvalue weighted by atomic mass is 9.88. The zero-order valence-corrected chi connectivity index (χ0v) is 12.7. The molecule has 3 aliphatic rings. The molecule has 0 aromatic rings. The Labute approximate surface area is 118 Å². The van der Waals surface area contributed by atoms with E-state index in [0.29, 0.717) is 6.10 Å². The molecular weight excluding hydrogens is 236 g/mol. The fraction of sp³-hybridized carbons (Fsp3) is 1.00. The molecule has 1 N–H and O–H groups in total. The number of nitrogens with one attached hydrogen (secondary N) is 1. The molecule has 0 aromatic carbocycles. The minimum absolute atomic E-state index is 0.122. The molecule has 0 saturated carbocycles. The van der Waals surface area contributed by atoms with E-state index in [1.807, 2.05) is 0 Å². The molecule has 0 spiro atoms. The summed E-state index contributed by atoms with van der Waals surface area (Å²) in [5.74, 6) is 0.930. The van der Waals surface area contributed by atoms with Crippen molar-refractivity contribution in [2.45, 2.75) is 70.1 Å². The molecule has 0 aliphatic carbocycles. The van der Waals surface area contributed by atoms with E-state index in [2.05, 4.69) is 24.1 Å². The van der Waals surface area contributed by atoms with E-state index in [1.165, 1.54) is 58.2 Å². The van der Waals surface area contributed by atoms with Crippen molar-refractivity contribution >= 4 is 0 Å². The number of nitrogens with zero attached hydrogens (tertiary/aromatic N) is 1. The first-order valence-corrected chi connectivity index (χ1v) is 8.26. The van der Waals surface area contributed by atoms with Gasteiger partial charge in [-0.15, -0.1) is 0 Å². The van der Waals surface area contributed by atoms with Gasteiger partial charge in [-0.25, -0.2) is 0 Å². The third-order valence-corrected chi connectivity index (χ3v) is 5.32. The smallest absolute Gasteiger partial charge is 0.0710 e. The highest BCUT2D eigenvalue weighted by Gasteiger charge is 2.34. The molecule has 3 heteroatoms. The first-order chi connectivity index (χ1) is 9.12. The Morgan fingerprint density at radius 2 is 1.95 bits per heavy atom. The SMILES string of the molecule is CC1(C)CCC(CN2CCC(C3CCCN3)CC2)O1. The summed E-state index contributed by atoms with van der Waals surface area (Å²) in [6, 6.07) is 0.823. The van der Waals surface area contributed by atoms with Crippen molar-refractivity contribution in [2.75, 3.05) is 26.2 Å². The predicted molar refractivity (Wildman–Crippen MR) is 78.4 cm³/mol. The molecule has 3 saturated heterocycles. The van der Waals surface area contributed by atoms with Crippen LogP contribution in [0.4, 0.5) is 0 Å². The topological polar surface area (TPSA) is 24.5 Å². The highest BCUT2D eigenvalue weighted by atomic mass is 16.5. The van der Waals surface area contributed by atoms with E-state index < -0.39 is 0 Å². The summed E-state index contributed by atoms with van der Waals surface area (Å²) in [4.78, 5) is 2.64. The molecule has 110 valence electrons. The van der Waals surface area contributed by atoms with E-state index >= 15 is 0 Å². The van der Waals surface area contributed by atoms with E-state index in [4.69, 9.17) is 4.74 Å². The maximum Gasteiger partial charge on any atom is 0.0710 e. The lowest BCUT2D eigenvalue weighted by Crippen LogP contribution is -2.43. The minimum Gasteiger partial charge on any atom is -0.371 e. The summed E-state index contributed by atoms with van der Waals surface area (Å²) in [5, 5.41) is 3.68. The second-order valence-electron chi connectivity index (χ2n) is 7.38. The third-order valence-electron chi connectivity index (χ3n) is 5.32. The molecule has 0 amide bonds. The summed E-state index contributed by atoms with van der Waals surface area (Å²) in [7, 11) is 0. The van der Waals surface area contributed by atoms with Gasteiger partial charge in [0.1, 0.15) is 0 Å². The quantitative estimate of drug-likeness (QED) is 0.849. The van der Waals surface area contributed by atoms with Crippen LogP contribution in [0.3, 0.4) is 0 Å². The molecule has 0 aromatic heterocycles. The first-order valence-electron chi connectivity index (χ1n) is 8.26. The number of rotatable bonds is 3. The van der Waals surface area contributed by atoms with Gasteiger partial charge in [0.25, 0.3) is 0 Å². The van der Waals surface area contributed by atoms with Crippen LogP contribution in [0.2, 0.25) is 0 Å². The summed E-state index contributed by atoms with van der Waals surface area (Å²) in [6.07, 6.45) is 8.51. The molecule has 3 aliphatic heterocycles. The van der Waals surface area contributed by atoms with E-state index in [9.17, 15) is 0 Å². The van der Waals surface area contributed by atoms with Crippen LogP contribution in [0.15, 0.2) is 0 Å². The van der Waals surface area contributed by atoms with Crippen LogP contribution in [0.25, 0.3) is 0 Å². The van der Waals surface area contributed by atoms with Crippen molar-refractivity contribution in [1.82, 2.24) is 10.2 Å². The van der Waals surface area contributed by atoms with Crippen LogP contribution in [0.1, 0.15) is 52.4 Å². The molecule has 3 fully saturated rings. The second kappa shape index (κ2) is 5.71. The lowest BCUT2D eigenvalue weighted by Gasteiger charge is -2.36. The highest BCUT2D eigenvalue weighted by Crippen LogP contribution is 2.31. The Kier molecular flexibility index (Phi) is 4.16. The standard InChI is InChI=1S/C16H30N2O/c1-16(2)8-5-14(19-16)12-18-10-6-13(7-11-18)15-4-3-9-17-15/h13-15,17H,3-12H2,1-2H3. The van der Waals surface area contributed by atoms with E-state index in [1.54, 1.807) is 0 Å². The van der Waals surface area contributed by atoms with Crippen molar-refractivity contribution in [3.8, 4) is 0 Å². The van der Waals surface area contributed by atoms with E-state index in [-0.39, 0.29) is 5.60 Å². The van der Waals surface area contributed by atoms with Gasteiger partial charge in [0.05, 0.1) is 11.7 Å². The van der Waals surface area contributed by atoms with Crippen LogP contribution in [0, 0.1) is 5.92 Å². The van der Waals surface area contributed by atoms with Crippen LogP contribution >= 0.6 is 0 Å². The lowest BCUT2D eigenvalue weighted by molar-refractivity contribution is -0.0324. The van der Waals surface area contributed by atoms with Gasteiger partial charge >= 0.3 is 0 Å². The third kappa shape index (κ3) is 3.50. The number of piperidine rings is 1. The summed E-state index contributed by atoms with van der Waals surface area (Å²) < 4.78 is 6.12. The Bertz CT molecular complexity index is 291. The van der Waals surface area contributed by atoms with Crippen LogP contribution in [0.5, 0.6) is 0 Å². The van der Waals surface area contributed by atoms with Crippen molar-refractivity contribution in [1.29, 1.82) is 0 Å². The molecule has 3 rings (SSSR count). The first kappa shape index (κ1) is 13.8. The van der Waals surface area contributed by atoms with Gasteiger partial charge in [0.2, 0.25) is 0 Å². The molecule has 0 radical (unpaired) electrons. The normalized spacial score (nSPS) is 36.9. The second-order valence-corrected chi connectivity index (χ2v) is 7.38. The van der Waals surface area contributed by atoms with Gasteiger partial charge in [0.15, 0.2) is 0 Å². The van der Waals surface area contributed by atoms with Gasteiger partial charge < -0.3 is 15.0 Å². The van der Waals surface area contributed by atoms with Crippen molar-refractivity contribution in [3.05, 3.63) is 0 Å². The van der Waals surface area contributed by atoms with Crippen LogP contribution in [-0.4, -0.2) is 48.8 Å². The van der Waals surface area contributed by atoms with Gasteiger partial charge in [-0.1, -0.05) is 0 Å². The van der Waals surface area contributed by atoms with Gasteiger partial charge in [-0.05, 0) is 77.9 Å². The van der Waals surface area contributed by atoms with Gasteiger partial charge in [-0.3, -0.25) is 0 Å².